The minimum absolute atomic E-state index is 0.0943. The lowest BCUT2D eigenvalue weighted by molar-refractivity contribution is 0.0941. The molecule has 112 valence electrons. The molecule has 0 aliphatic heterocycles. The molecular weight excluding hydrogens is 284 g/mol. The number of thioether (sulfide) groups is 1. The second kappa shape index (κ2) is 7.28. The Kier molecular flexibility index (Phi) is 5.41. The van der Waals surface area contributed by atoms with Crippen LogP contribution in [-0.4, -0.2) is 28.9 Å². The zero-order valence-corrected chi connectivity index (χ0v) is 13.0. The third kappa shape index (κ3) is 3.46. The van der Waals surface area contributed by atoms with Crippen LogP contribution in [0.15, 0.2) is 30.5 Å². The predicted molar refractivity (Wildman–Crippen MR) is 89.5 cm³/mol. The van der Waals surface area contributed by atoms with Crippen molar-refractivity contribution in [2.75, 3.05) is 17.4 Å². The van der Waals surface area contributed by atoms with Gasteiger partial charge >= 0.3 is 0 Å². The lowest BCUT2D eigenvalue weighted by atomic mass is 10.1. The van der Waals surface area contributed by atoms with Gasteiger partial charge in [0.1, 0.15) is 5.82 Å². The second-order valence-corrected chi connectivity index (χ2v) is 5.66. The van der Waals surface area contributed by atoms with Crippen molar-refractivity contribution in [3.63, 3.8) is 0 Å². The highest BCUT2D eigenvalue weighted by Gasteiger charge is 2.16. The molecule has 0 saturated heterocycles. The Morgan fingerprint density at radius 3 is 2.71 bits per heavy atom. The SMILES string of the molecule is CCC(CSC)NC(=O)c1cnc(NN)c2ccccc12. The standard InChI is InChI=1S/C15H20N4OS/c1-3-10(9-21-2)18-15(20)13-8-17-14(19-16)12-7-5-4-6-11(12)13/h4-8,10H,3,9,16H2,1-2H3,(H,17,19)(H,18,20). The van der Waals surface area contributed by atoms with Gasteiger partial charge in [0, 0.05) is 23.4 Å². The van der Waals surface area contributed by atoms with Gasteiger partial charge in [0.2, 0.25) is 0 Å². The molecule has 0 radical (unpaired) electrons. The minimum Gasteiger partial charge on any atom is -0.348 e. The molecule has 1 aromatic heterocycles. The monoisotopic (exact) mass is 304 g/mol. The van der Waals surface area contributed by atoms with Crippen LogP contribution in [0.2, 0.25) is 0 Å². The van der Waals surface area contributed by atoms with Crippen LogP contribution in [0.1, 0.15) is 23.7 Å². The summed E-state index contributed by atoms with van der Waals surface area (Å²) >= 11 is 1.72. The zero-order valence-electron chi connectivity index (χ0n) is 12.2. The van der Waals surface area contributed by atoms with Crippen LogP contribution in [0, 0.1) is 0 Å². The average Bonchev–Trinajstić information content (AvgIpc) is 2.53. The van der Waals surface area contributed by atoms with Crippen molar-refractivity contribution in [1.82, 2.24) is 10.3 Å². The van der Waals surface area contributed by atoms with Gasteiger partial charge in [0.05, 0.1) is 5.56 Å². The first-order valence-corrected chi connectivity index (χ1v) is 8.24. The quantitative estimate of drug-likeness (QED) is 0.564. The summed E-state index contributed by atoms with van der Waals surface area (Å²) < 4.78 is 0. The van der Waals surface area contributed by atoms with Crippen LogP contribution in [-0.2, 0) is 0 Å². The Bertz CT molecular complexity index is 632. The average molecular weight is 304 g/mol. The van der Waals surface area contributed by atoms with Gasteiger partial charge in [-0.15, -0.1) is 0 Å². The number of hydrogen-bond acceptors (Lipinski definition) is 5. The van der Waals surface area contributed by atoms with E-state index in [-0.39, 0.29) is 11.9 Å². The molecule has 4 N–H and O–H groups in total. The number of benzene rings is 1. The minimum atomic E-state index is -0.0943. The van der Waals surface area contributed by atoms with Crippen molar-refractivity contribution in [3.05, 3.63) is 36.0 Å². The highest BCUT2D eigenvalue weighted by molar-refractivity contribution is 7.98. The fraction of sp³-hybridized carbons (Fsp3) is 0.333. The topological polar surface area (TPSA) is 80.0 Å². The highest BCUT2D eigenvalue weighted by Crippen LogP contribution is 2.23. The van der Waals surface area contributed by atoms with Crippen molar-refractivity contribution in [2.45, 2.75) is 19.4 Å². The van der Waals surface area contributed by atoms with E-state index < -0.39 is 0 Å². The number of hydrogen-bond donors (Lipinski definition) is 3. The van der Waals surface area contributed by atoms with E-state index in [9.17, 15) is 4.79 Å². The Labute approximate surface area is 128 Å². The number of carbonyl (C=O) groups excluding carboxylic acids is 1. The number of nitrogen functional groups attached to an aromatic ring is 1. The number of carbonyl (C=O) groups is 1. The first-order chi connectivity index (χ1) is 10.2. The van der Waals surface area contributed by atoms with E-state index in [0.717, 1.165) is 22.9 Å². The Hall–Kier alpha value is -1.79. The van der Waals surface area contributed by atoms with Gasteiger partial charge in [-0.05, 0) is 18.1 Å². The zero-order chi connectivity index (χ0) is 15.2. The number of pyridine rings is 1. The number of fused-ring (bicyclic) bond motifs is 1. The van der Waals surface area contributed by atoms with E-state index in [1.807, 2.05) is 30.5 Å². The summed E-state index contributed by atoms with van der Waals surface area (Å²) in [4.78, 5) is 16.7. The Balaban J connectivity index is 2.36. The number of anilines is 1. The van der Waals surface area contributed by atoms with Crippen LogP contribution < -0.4 is 16.6 Å². The summed E-state index contributed by atoms with van der Waals surface area (Å²) in [5.41, 5.74) is 3.14. The molecule has 0 aliphatic rings. The molecule has 0 aliphatic carbocycles. The van der Waals surface area contributed by atoms with Gasteiger partial charge in [-0.2, -0.15) is 11.8 Å². The number of amides is 1. The van der Waals surface area contributed by atoms with Crippen LogP contribution >= 0.6 is 11.8 Å². The Morgan fingerprint density at radius 2 is 2.10 bits per heavy atom. The van der Waals surface area contributed by atoms with Crippen LogP contribution in [0.4, 0.5) is 5.82 Å². The summed E-state index contributed by atoms with van der Waals surface area (Å²) in [7, 11) is 0. The van der Waals surface area contributed by atoms with Crippen LogP contribution in [0.25, 0.3) is 10.8 Å². The molecule has 1 aromatic carbocycles. The van der Waals surface area contributed by atoms with Crippen molar-refractivity contribution in [3.8, 4) is 0 Å². The summed E-state index contributed by atoms with van der Waals surface area (Å²) in [5.74, 6) is 6.84. The highest BCUT2D eigenvalue weighted by atomic mass is 32.2. The summed E-state index contributed by atoms with van der Waals surface area (Å²) in [6, 6.07) is 7.77. The number of aromatic nitrogens is 1. The summed E-state index contributed by atoms with van der Waals surface area (Å²) in [5, 5.41) is 4.74. The van der Waals surface area contributed by atoms with E-state index in [1.165, 1.54) is 0 Å². The summed E-state index contributed by atoms with van der Waals surface area (Å²) in [6.45, 7) is 2.07. The van der Waals surface area contributed by atoms with Crippen molar-refractivity contribution in [2.24, 2.45) is 5.84 Å². The molecule has 2 aromatic rings. The molecule has 5 nitrogen and oxygen atoms in total. The fourth-order valence-electron chi connectivity index (χ4n) is 2.21. The van der Waals surface area contributed by atoms with Gasteiger partial charge in [0.25, 0.3) is 5.91 Å². The predicted octanol–water partition coefficient (Wildman–Crippen LogP) is 2.39. The molecule has 0 saturated carbocycles. The number of rotatable bonds is 6. The third-order valence-electron chi connectivity index (χ3n) is 3.37. The maximum atomic E-state index is 12.5. The second-order valence-electron chi connectivity index (χ2n) is 4.74. The van der Waals surface area contributed by atoms with Gasteiger partial charge in [-0.1, -0.05) is 31.2 Å². The van der Waals surface area contributed by atoms with E-state index >= 15 is 0 Å². The largest absolute Gasteiger partial charge is 0.348 e. The lowest BCUT2D eigenvalue weighted by Crippen LogP contribution is -2.36. The van der Waals surface area contributed by atoms with E-state index in [0.29, 0.717) is 11.4 Å². The van der Waals surface area contributed by atoms with Crippen molar-refractivity contribution in [1.29, 1.82) is 0 Å². The number of nitrogens with one attached hydrogen (secondary N) is 2. The van der Waals surface area contributed by atoms with E-state index in [4.69, 9.17) is 5.84 Å². The number of nitrogens with zero attached hydrogens (tertiary/aromatic N) is 1. The maximum Gasteiger partial charge on any atom is 0.253 e. The van der Waals surface area contributed by atoms with Crippen LogP contribution in [0.5, 0.6) is 0 Å². The molecule has 0 spiro atoms. The van der Waals surface area contributed by atoms with Gasteiger partial charge in [-0.25, -0.2) is 10.8 Å². The van der Waals surface area contributed by atoms with Gasteiger partial charge in [0.15, 0.2) is 0 Å². The maximum absolute atomic E-state index is 12.5. The smallest absolute Gasteiger partial charge is 0.253 e. The molecule has 0 bridgehead atoms. The van der Waals surface area contributed by atoms with Crippen molar-refractivity contribution >= 4 is 34.3 Å². The number of hydrazine groups is 1. The first-order valence-electron chi connectivity index (χ1n) is 6.85. The Morgan fingerprint density at radius 1 is 1.38 bits per heavy atom. The van der Waals surface area contributed by atoms with E-state index in [1.54, 1.807) is 18.0 Å². The lowest BCUT2D eigenvalue weighted by Gasteiger charge is -2.17. The molecule has 1 atom stereocenters. The fourth-order valence-corrected chi connectivity index (χ4v) is 2.94. The molecule has 6 heteroatoms. The molecule has 1 heterocycles. The molecular formula is C15H20N4OS. The molecule has 2 rings (SSSR count). The normalized spacial score (nSPS) is 12.1. The molecule has 1 unspecified atom stereocenters. The van der Waals surface area contributed by atoms with Gasteiger partial charge < -0.3 is 10.7 Å². The first kappa shape index (κ1) is 15.6. The molecule has 1 amide bonds. The number of nitrogens with two attached hydrogens (primary N) is 1. The van der Waals surface area contributed by atoms with E-state index in [2.05, 4.69) is 22.7 Å². The van der Waals surface area contributed by atoms with Gasteiger partial charge in [-0.3, -0.25) is 4.79 Å². The van der Waals surface area contributed by atoms with Crippen molar-refractivity contribution < 1.29 is 4.79 Å². The molecule has 21 heavy (non-hydrogen) atoms. The van der Waals surface area contributed by atoms with Crippen LogP contribution in [0.3, 0.4) is 0 Å². The summed E-state index contributed by atoms with van der Waals surface area (Å²) in [6.07, 6.45) is 4.51. The third-order valence-corrected chi connectivity index (χ3v) is 4.11. The molecule has 0 fully saturated rings.